The van der Waals surface area contributed by atoms with Gasteiger partial charge in [0.05, 0.1) is 0 Å². The zero-order chi connectivity index (χ0) is 28.7. The van der Waals surface area contributed by atoms with Gasteiger partial charge in [-0.3, -0.25) is 0 Å². The Morgan fingerprint density at radius 2 is 0.837 bits per heavy atom. The van der Waals surface area contributed by atoms with E-state index in [9.17, 15) is 0 Å². The van der Waals surface area contributed by atoms with Crippen LogP contribution in [0.1, 0.15) is 0 Å². The average Bonchev–Trinajstić information content (AvgIpc) is 3.44. The third-order valence-electron chi connectivity index (χ3n) is 8.78. The third-order valence-corrected chi connectivity index (χ3v) is 11.2. The molecular weight excluding hydrogens is 597 g/mol. The van der Waals surface area contributed by atoms with E-state index in [1.807, 2.05) is 97.1 Å². The Bertz CT molecular complexity index is 2480. The summed E-state index contributed by atoms with van der Waals surface area (Å²) in [5.41, 5.74) is 4.30. The van der Waals surface area contributed by atoms with Crippen molar-refractivity contribution in [3.8, 4) is 22.3 Å². The van der Waals surface area contributed by atoms with Gasteiger partial charge in [-0.2, -0.15) is 0 Å². The molecule has 0 saturated heterocycles. The fraction of sp³-hybridized carbons (Fsp3) is 0. The van der Waals surface area contributed by atoms with Crippen LogP contribution in [0, 0.1) is 11.6 Å². The van der Waals surface area contributed by atoms with Crippen LogP contribution >= 0.6 is 0 Å². The molecule has 43 heavy (non-hydrogen) atoms. The summed E-state index contributed by atoms with van der Waals surface area (Å²) < 4.78 is 34.1. The van der Waals surface area contributed by atoms with E-state index in [0.717, 1.165) is 43.8 Å². The third kappa shape index (κ3) is 3.53. The van der Waals surface area contributed by atoms with E-state index in [0.29, 0.717) is 21.5 Å². The molecule has 202 valence electrons. The van der Waals surface area contributed by atoms with Crippen molar-refractivity contribution in [3.05, 3.63) is 145 Å². The first kappa shape index (κ1) is 24.7. The molecule has 0 nitrogen and oxygen atoms in total. The van der Waals surface area contributed by atoms with Crippen molar-refractivity contribution < 1.29 is 8.78 Å². The van der Waals surface area contributed by atoms with Crippen molar-refractivity contribution in [2.24, 2.45) is 0 Å². The molecule has 0 aliphatic heterocycles. The van der Waals surface area contributed by atoms with Gasteiger partial charge in [0.1, 0.15) is 0 Å². The van der Waals surface area contributed by atoms with Crippen molar-refractivity contribution in [2.75, 3.05) is 0 Å². The molecule has 0 aliphatic carbocycles. The summed E-state index contributed by atoms with van der Waals surface area (Å²) in [6.07, 6.45) is 0. The van der Waals surface area contributed by atoms with Gasteiger partial charge >= 0.3 is 253 Å². The molecule has 0 amide bonds. The first-order chi connectivity index (χ1) is 21.2. The molecule has 9 rings (SSSR count). The molecule has 0 atom stereocenters. The first-order valence-electron chi connectivity index (χ1n) is 14.3. The van der Waals surface area contributed by atoms with Gasteiger partial charge in [0.2, 0.25) is 0 Å². The van der Waals surface area contributed by atoms with Gasteiger partial charge in [-0.1, -0.05) is 0 Å². The standard InChI is InChI=1S/C40H22F2Se/c41-39-28-14-5-1-10-24(28)36(25-11-2-6-15-29(25)39)23-20-21-34-33(22-23)38-32(18-9-19-35(38)43-34)37-26-12-3-7-16-30(26)40(42)31-17-8-4-13-27(31)37/h1-22H. The quantitative estimate of drug-likeness (QED) is 0.133. The molecular formula is C40H22F2Se. The number of hydrogen-bond acceptors (Lipinski definition) is 0. The van der Waals surface area contributed by atoms with Crippen molar-refractivity contribution in [1.82, 2.24) is 0 Å². The Morgan fingerprint density at radius 3 is 1.35 bits per heavy atom. The second kappa shape index (κ2) is 9.34. The molecule has 0 N–H and O–H groups in total. The van der Waals surface area contributed by atoms with Gasteiger partial charge in [0.25, 0.3) is 0 Å². The summed E-state index contributed by atoms with van der Waals surface area (Å²) in [7, 11) is 0. The molecule has 0 fully saturated rings. The van der Waals surface area contributed by atoms with Gasteiger partial charge in [0.15, 0.2) is 0 Å². The Balaban J connectivity index is 1.42. The Labute approximate surface area is 252 Å². The van der Waals surface area contributed by atoms with Gasteiger partial charge < -0.3 is 0 Å². The minimum absolute atomic E-state index is 0.137. The van der Waals surface area contributed by atoms with Crippen LogP contribution < -0.4 is 0 Å². The summed E-state index contributed by atoms with van der Waals surface area (Å²) in [6, 6.07) is 44.5. The zero-order valence-electron chi connectivity index (χ0n) is 22.9. The second-order valence-electron chi connectivity index (χ2n) is 11.1. The molecule has 0 spiro atoms. The fourth-order valence-corrected chi connectivity index (χ4v) is 9.28. The van der Waals surface area contributed by atoms with Crippen molar-refractivity contribution >= 4 is 76.9 Å². The average molecular weight is 620 g/mol. The molecule has 0 radical (unpaired) electrons. The van der Waals surface area contributed by atoms with E-state index in [4.69, 9.17) is 0 Å². The van der Waals surface area contributed by atoms with Crippen LogP contribution in [0.2, 0.25) is 0 Å². The van der Waals surface area contributed by atoms with Crippen LogP contribution in [0.15, 0.2) is 133 Å². The van der Waals surface area contributed by atoms with Crippen LogP contribution in [0.5, 0.6) is 0 Å². The summed E-state index contributed by atoms with van der Waals surface area (Å²) in [6.45, 7) is 0. The SMILES string of the molecule is Fc1c2ccccc2c(-c2ccc3[se]c4cccc(-c5c6ccccc6c(F)c6ccccc56)c4c3c2)c2ccccc12. The maximum atomic E-state index is 15.8. The maximum absolute atomic E-state index is 15.8. The molecule has 0 unspecified atom stereocenters. The van der Waals surface area contributed by atoms with E-state index >= 15 is 8.78 Å². The monoisotopic (exact) mass is 620 g/mol. The molecule has 1 heterocycles. The van der Waals surface area contributed by atoms with Gasteiger partial charge in [0, 0.05) is 0 Å². The van der Waals surface area contributed by atoms with E-state index < -0.39 is 0 Å². The van der Waals surface area contributed by atoms with Crippen molar-refractivity contribution in [3.63, 3.8) is 0 Å². The number of hydrogen-bond donors (Lipinski definition) is 0. The Morgan fingerprint density at radius 1 is 0.372 bits per heavy atom. The molecule has 0 saturated carbocycles. The van der Waals surface area contributed by atoms with Gasteiger partial charge in [-0.05, 0) is 0 Å². The van der Waals surface area contributed by atoms with E-state index in [1.165, 1.54) is 19.3 Å². The first-order valence-corrected chi connectivity index (χ1v) is 16.0. The van der Waals surface area contributed by atoms with Gasteiger partial charge in [-0.25, -0.2) is 0 Å². The van der Waals surface area contributed by atoms with E-state index in [1.54, 1.807) is 0 Å². The van der Waals surface area contributed by atoms with Crippen LogP contribution in [0.3, 0.4) is 0 Å². The van der Waals surface area contributed by atoms with Crippen LogP contribution in [0.25, 0.3) is 84.6 Å². The fourth-order valence-electron chi connectivity index (χ4n) is 6.94. The molecule has 0 aliphatic rings. The van der Waals surface area contributed by atoms with Crippen LogP contribution in [0.4, 0.5) is 8.78 Å². The predicted molar refractivity (Wildman–Crippen MR) is 179 cm³/mol. The minimum atomic E-state index is -0.179. The summed E-state index contributed by atoms with van der Waals surface area (Å²) >= 11 is 0.137. The molecule has 8 aromatic carbocycles. The summed E-state index contributed by atoms with van der Waals surface area (Å²) in [4.78, 5) is 0. The Hall–Kier alpha value is -4.82. The second-order valence-corrected chi connectivity index (χ2v) is 13.3. The predicted octanol–water partition coefficient (Wildman–Crippen LogP) is 11.3. The summed E-state index contributed by atoms with van der Waals surface area (Å²) in [5.74, 6) is -0.355. The summed E-state index contributed by atoms with van der Waals surface area (Å²) in [5, 5.41) is 8.61. The molecule has 3 heteroatoms. The topological polar surface area (TPSA) is 0 Å². The number of halogens is 2. The molecule has 1 aromatic heterocycles. The van der Waals surface area contributed by atoms with E-state index in [2.05, 4.69) is 36.4 Å². The van der Waals surface area contributed by atoms with Crippen LogP contribution in [-0.2, 0) is 0 Å². The number of fused-ring (bicyclic) bond motifs is 7. The number of benzene rings is 8. The van der Waals surface area contributed by atoms with Crippen molar-refractivity contribution in [1.29, 1.82) is 0 Å². The molecule has 0 bridgehead atoms. The van der Waals surface area contributed by atoms with E-state index in [-0.39, 0.29) is 26.1 Å². The Kier molecular flexibility index (Phi) is 5.38. The van der Waals surface area contributed by atoms with Crippen LogP contribution in [-0.4, -0.2) is 14.5 Å². The number of rotatable bonds is 2. The van der Waals surface area contributed by atoms with Gasteiger partial charge in [-0.15, -0.1) is 0 Å². The zero-order valence-corrected chi connectivity index (χ0v) is 24.6. The van der Waals surface area contributed by atoms with Crippen molar-refractivity contribution in [2.45, 2.75) is 0 Å². The normalized spacial score (nSPS) is 12.0. The molecule has 9 aromatic rings.